The normalized spacial score (nSPS) is 43.2. The molecular weight excluding hydrogens is 201 g/mol. The van der Waals surface area contributed by atoms with Gasteiger partial charge in [-0.2, -0.15) is 0 Å². The van der Waals surface area contributed by atoms with E-state index in [1.807, 2.05) is 0 Å². The van der Waals surface area contributed by atoms with Gasteiger partial charge in [0.1, 0.15) is 18.3 Å². The zero-order valence-electron chi connectivity index (χ0n) is 6.65. The van der Waals surface area contributed by atoms with Crippen molar-refractivity contribution in [3.8, 4) is 0 Å². The van der Waals surface area contributed by atoms with Crippen molar-refractivity contribution in [2.75, 3.05) is 6.61 Å². The van der Waals surface area contributed by atoms with E-state index in [0.717, 1.165) is 0 Å². The van der Waals surface area contributed by atoms with E-state index in [1.54, 1.807) is 0 Å². The van der Waals surface area contributed by atoms with Crippen molar-refractivity contribution in [1.29, 1.82) is 0 Å². The largest absolute Gasteiger partial charge is 0.388 e. The van der Waals surface area contributed by atoms with Crippen LogP contribution in [-0.2, 0) is 9.26 Å². The lowest BCUT2D eigenvalue weighted by molar-refractivity contribution is -0.241. The summed E-state index contributed by atoms with van der Waals surface area (Å²) in [5, 5.41) is 27.4. The first kappa shape index (κ1) is 11.2. The van der Waals surface area contributed by atoms with Crippen molar-refractivity contribution in [3.05, 3.63) is 0 Å². The molecule has 0 aliphatic carbocycles. The predicted molar refractivity (Wildman–Crippen MR) is 42.2 cm³/mol. The number of rotatable bonds is 2. The summed E-state index contributed by atoms with van der Waals surface area (Å²) in [7, 11) is -2.16. The van der Waals surface area contributed by atoms with Crippen molar-refractivity contribution in [2.45, 2.75) is 24.6 Å². The molecule has 0 radical (unpaired) electrons. The molecule has 1 aliphatic rings. The van der Waals surface area contributed by atoms with Crippen LogP contribution in [0.15, 0.2) is 0 Å². The molecule has 1 heterocycles. The third kappa shape index (κ3) is 2.80. The third-order valence-electron chi connectivity index (χ3n) is 1.67. The second kappa shape index (κ2) is 4.59. The molecule has 0 aromatic heterocycles. The molecule has 0 aromatic rings. The first-order chi connectivity index (χ1) is 6.02. The summed E-state index contributed by atoms with van der Waals surface area (Å²) in [5.41, 5.74) is 4.93. The maximum absolute atomic E-state index is 9.24. The lowest BCUT2D eigenvalue weighted by Crippen LogP contribution is -2.53. The molecule has 0 amide bonds. The van der Waals surface area contributed by atoms with Gasteiger partial charge in [-0.25, -0.2) is 0 Å². The SMILES string of the molecule is NP(O)O[C@@H]1OC[C@@H](O)[C@@H](O)[C@H]1O. The molecule has 13 heavy (non-hydrogen) atoms. The summed E-state index contributed by atoms with van der Waals surface area (Å²) in [6.07, 6.45) is -5.12. The minimum Gasteiger partial charge on any atom is -0.388 e. The molecule has 1 aliphatic heterocycles. The Morgan fingerprint density at radius 1 is 1.31 bits per heavy atom. The molecule has 5 atom stereocenters. The smallest absolute Gasteiger partial charge is 0.252 e. The van der Waals surface area contributed by atoms with Crippen LogP contribution in [0.25, 0.3) is 0 Å². The van der Waals surface area contributed by atoms with Gasteiger partial charge in [-0.3, -0.25) is 10.0 Å². The first-order valence-electron chi connectivity index (χ1n) is 3.58. The highest BCUT2D eigenvalue weighted by molar-refractivity contribution is 7.43. The van der Waals surface area contributed by atoms with Crippen LogP contribution < -0.4 is 5.50 Å². The summed E-state index contributed by atoms with van der Waals surface area (Å²) in [6, 6.07) is 0. The molecule has 8 heteroatoms. The summed E-state index contributed by atoms with van der Waals surface area (Å²) in [5.74, 6) is 0. The van der Waals surface area contributed by atoms with Crippen LogP contribution in [0.4, 0.5) is 0 Å². The summed E-state index contributed by atoms with van der Waals surface area (Å²) < 4.78 is 9.35. The Kier molecular flexibility index (Phi) is 3.96. The second-order valence-electron chi connectivity index (χ2n) is 2.66. The van der Waals surface area contributed by atoms with Crippen molar-refractivity contribution < 1.29 is 29.5 Å². The van der Waals surface area contributed by atoms with E-state index in [1.165, 1.54) is 0 Å². The highest BCUT2D eigenvalue weighted by Crippen LogP contribution is 2.28. The van der Waals surface area contributed by atoms with Crippen LogP contribution in [0.2, 0.25) is 0 Å². The third-order valence-corrected chi connectivity index (χ3v) is 2.09. The van der Waals surface area contributed by atoms with Crippen LogP contribution in [0.5, 0.6) is 0 Å². The zero-order valence-corrected chi connectivity index (χ0v) is 7.54. The Hall–Kier alpha value is 0.150. The van der Waals surface area contributed by atoms with Crippen LogP contribution >= 0.6 is 8.53 Å². The average Bonchev–Trinajstić information content (AvgIpc) is 2.06. The Labute approximate surface area is 75.7 Å². The van der Waals surface area contributed by atoms with Gasteiger partial charge in [0, 0.05) is 0 Å². The molecule has 0 saturated carbocycles. The van der Waals surface area contributed by atoms with Gasteiger partial charge in [0.25, 0.3) is 8.53 Å². The quantitative estimate of drug-likeness (QED) is 0.324. The Balaban J connectivity index is 2.48. The fourth-order valence-electron chi connectivity index (χ4n) is 0.978. The number of hydrogen-bond donors (Lipinski definition) is 5. The monoisotopic (exact) mass is 213 g/mol. The van der Waals surface area contributed by atoms with Gasteiger partial charge in [0.2, 0.25) is 0 Å². The molecule has 78 valence electrons. The van der Waals surface area contributed by atoms with Gasteiger partial charge in [0.05, 0.1) is 6.61 Å². The number of aliphatic hydroxyl groups excluding tert-OH is 3. The van der Waals surface area contributed by atoms with E-state index in [0.29, 0.717) is 0 Å². The van der Waals surface area contributed by atoms with E-state index >= 15 is 0 Å². The van der Waals surface area contributed by atoms with Crippen LogP contribution in [-0.4, -0.2) is 51.4 Å². The molecule has 1 rings (SSSR count). The van der Waals surface area contributed by atoms with E-state index < -0.39 is 33.1 Å². The van der Waals surface area contributed by atoms with E-state index in [9.17, 15) is 5.11 Å². The summed E-state index contributed by atoms with van der Waals surface area (Å²) >= 11 is 0. The lowest BCUT2D eigenvalue weighted by Gasteiger charge is -2.34. The molecule has 1 saturated heterocycles. The minimum atomic E-state index is -2.16. The standard InChI is InChI=1S/C5H12NO6P/c6-13(10)12-5-4(9)3(8)2(7)1-11-5/h2-5,7-10H,1,6H2/t2-,3-,4-,5+,13?/m1/s1. The highest BCUT2D eigenvalue weighted by Gasteiger charge is 2.39. The molecule has 1 fully saturated rings. The Morgan fingerprint density at radius 2 is 1.92 bits per heavy atom. The summed E-state index contributed by atoms with van der Waals surface area (Å²) in [4.78, 5) is 8.66. The highest BCUT2D eigenvalue weighted by atomic mass is 31.2. The zero-order chi connectivity index (χ0) is 10.0. The Bertz CT molecular complexity index is 169. The van der Waals surface area contributed by atoms with Gasteiger partial charge in [0.15, 0.2) is 6.29 Å². The molecule has 0 bridgehead atoms. The molecule has 1 unspecified atom stereocenters. The molecular formula is C5H12NO6P. The number of hydrogen-bond acceptors (Lipinski definition) is 7. The van der Waals surface area contributed by atoms with Crippen LogP contribution in [0.1, 0.15) is 0 Å². The van der Waals surface area contributed by atoms with Gasteiger partial charge in [-0.15, -0.1) is 0 Å². The van der Waals surface area contributed by atoms with E-state index in [-0.39, 0.29) is 6.61 Å². The molecule has 7 nitrogen and oxygen atoms in total. The fourth-order valence-corrected chi connectivity index (χ4v) is 1.38. The fraction of sp³-hybridized carbons (Fsp3) is 1.00. The minimum absolute atomic E-state index is 0.175. The maximum atomic E-state index is 9.24. The molecule has 0 aromatic carbocycles. The van der Waals surface area contributed by atoms with Gasteiger partial charge in [-0.1, -0.05) is 0 Å². The second-order valence-corrected chi connectivity index (χ2v) is 3.47. The van der Waals surface area contributed by atoms with Crippen molar-refractivity contribution >= 4 is 8.53 Å². The van der Waals surface area contributed by atoms with Gasteiger partial charge < -0.3 is 24.9 Å². The summed E-state index contributed by atoms with van der Waals surface area (Å²) in [6.45, 7) is -0.175. The van der Waals surface area contributed by atoms with E-state index in [4.69, 9.17) is 25.3 Å². The first-order valence-corrected chi connectivity index (χ1v) is 4.87. The average molecular weight is 213 g/mol. The van der Waals surface area contributed by atoms with Crippen molar-refractivity contribution in [1.82, 2.24) is 0 Å². The van der Waals surface area contributed by atoms with Crippen molar-refractivity contribution in [2.24, 2.45) is 5.50 Å². The lowest BCUT2D eigenvalue weighted by atomic mass is 10.1. The van der Waals surface area contributed by atoms with Crippen LogP contribution in [0, 0.1) is 0 Å². The van der Waals surface area contributed by atoms with Gasteiger partial charge >= 0.3 is 0 Å². The van der Waals surface area contributed by atoms with E-state index in [2.05, 4.69) is 4.52 Å². The molecule has 0 spiro atoms. The maximum Gasteiger partial charge on any atom is 0.252 e. The van der Waals surface area contributed by atoms with Crippen LogP contribution in [0.3, 0.4) is 0 Å². The topological polar surface area (TPSA) is 125 Å². The van der Waals surface area contributed by atoms with Crippen molar-refractivity contribution in [3.63, 3.8) is 0 Å². The van der Waals surface area contributed by atoms with Gasteiger partial charge in [-0.05, 0) is 0 Å². The predicted octanol–water partition coefficient (Wildman–Crippen LogP) is -2.38. The number of nitrogens with two attached hydrogens (primary N) is 1. The number of ether oxygens (including phenoxy) is 1. The molecule has 6 N–H and O–H groups in total. The number of aliphatic hydroxyl groups is 3. The Morgan fingerprint density at radius 3 is 2.46 bits per heavy atom.